The number of aromatic nitrogens is 1. The predicted octanol–water partition coefficient (Wildman–Crippen LogP) is 8.53. The lowest BCUT2D eigenvalue weighted by molar-refractivity contribution is 0.607. The van der Waals surface area contributed by atoms with Crippen LogP contribution in [0.4, 0.5) is 0 Å². The summed E-state index contributed by atoms with van der Waals surface area (Å²) in [5.74, 6) is 0. The maximum atomic E-state index is 4.82. The molecule has 0 spiro atoms. The highest BCUT2D eigenvalue weighted by Gasteiger charge is 2.08. The van der Waals surface area contributed by atoms with Crippen molar-refractivity contribution in [1.29, 1.82) is 0 Å². The first kappa shape index (κ1) is 19.8. The van der Waals surface area contributed by atoms with Crippen LogP contribution in [0.2, 0.25) is 0 Å². The quantitative estimate of drug-likeness (QED) is 0.257. The topological polar surface area (TPSA) is 12.9 Å². The molecule has 0 aliphatic heterocycles. The van der Waals surface area contributed by atoms with Gasteiger partial charge in [-0.1, -0.05) is 93.6 Å². The van der Waals surface area contributed by atoms with Crippen molar-refractivity contribution in [3.63, 3.8) is 0 Å². The zero-order valence-electron chi connectivity index (χ0n) is 17.2. The minimum absolute atomic E-state index is 1.08. The number of thiazole rings is 1. The maximum Gasteiger partial charge on any atom is 0.124 e. The highest BCUT2D eigenvalue weighted by molar-refractivity contribution is 7.21. The third-order valence-corrected chi connectivity index (χ3v) is 6.57. The van der Waals surface area contributed by atoms with Gasteiger partial charge in [-0.15, -0.1) is 11.3 Å². The zero-order chi connectivity index (χ0) is 19.9. The van der Waals surface area contributed by atoms with E-state index in [1.165, 1.54) is 71.9 Å². The Bertz CT molecular complexity index is 1030. The number of benzene rings is 3. The van der Waals surface area contributed by atoms with E-state index in [0.29, 0.717) is 0 Å². The Balaban J connectivity index is 1.48. The molecular formula is C27H29NS. The van der Waals surface area contributed by atoms with Crippen LogP contribution in [-0.4, -0.2) is 4.98 Å². The molecule has 0 bridgehead atoms. The smallest absolute Gasteiger partial charge is 0.124 e. The summed E-state index contributed by atoms with van der Waals surface area (Å²) >= 11 is 1.77. The molecule has 0 fully saturated rings. The average molecular weight is 400 g/mol. The number of para-hydroxylation sites is 1. The molecule has 4 rings (SSSR count). The van der Waals surface area contributed by atoms with Crippen LogP contribution in [0.25, 0.3) is 31.9 Å². The van der Waals surface area contributed by atoms with E-state index in [2.05, 4.69) is 79.7 Å². The molecule has 0 saturated heterocycles. The Morgan fingerprint density at radius 3 is 2.28 bits per heavy atom. The summed E-state index contributed by atoms with van der Waals surface area (Å²) in [4.78, 5) is 4.82. The fourth-order valence-corrected chi connectivity index (χ4v) is 4.81. The molecule has 4 aromatic rings. The van der Waals surface area contributed by atoms with Crippen molar-refractivity contribution >= 4 is 21.6 Å². The van der Waals surface area contributed by atoms with Crippen LogP contribution in [0.5, 0.6) is 0 Å². The number of hydrogen-bond donors (Lipinski definition) is 0. The van der Waals surface area contributed by atoms with Gasteiger partial charge in [0.2, 0.25) is 0 Å². The van der Waals surface area contributed by atoms with Crippen molar-refractivity contribution in [2.24, 2.45) is 0 Å². The van der Waals surface area contributed by atoms with Gasteiger partial charge in [-0.25, -0.2) is 4.98 Å². The monoisotopic (exact) mass is 399 g/mol. The maximum absolute atomic E-state index is 4.82. The molecule has 0 amide bonds. The molecule has 0 aliphatic rings. The molecule has 1 heterocycles. The molecule has 0 aliphatic carbocycles. The standard InChI is InChI=1S/C27H29NS/c1-2-3-4-5-6-7-12-21-13-10-14-22(19-21)23-15-11-16-24(20-23)27-28-25-17-8-9-18-26(25)29-27/h8-11,13-20H,2-7,12H2,1H3. The Hall–Kier alpha value is -2.45. The summed E-state index contributed by atoms with van der Waals surface area (Å²) in [6.45, 7) is 2.28. The lowest BCUT2D eigenvalue weighted by Gasteiger charge is -2.07. The van der Waals surface area contributed by atoms with Gasteiger partial charge >= 0.3 is 0 Å². The Morgan fingerprint density at radius 1 is 0.690 bits per heavy atom. The number of fused-ring (bicyclic) bond motifs is 1. The van der Waals surface area contributed by atoms with Gasteiger partial charge in [-0.05, 0) is 47.7 Å². The first-order chi connectivity index (χ1) is 14.3. The normalized spacial score (nSPS) is 11.2. The number of nitrogens with zero attached hydrogens (tertiary/aromatic N) is 1. The van der Waals surface area contributed by atoms with Gasteiger partial charge in [0.25, 0.3) is 0 Å². The van der Waals surface area contributed by atoms with Gasteiger partial charge in [-0.3, -0.25) is 0 Å². The van der Waals surface area contributed by atoms with Crippen LogP contribution < -0.4 is 0 Å². The van der Waals surface area contributed by atoms with Crippen LogP contribution in [0, 0.1) is 0 Å². The molecule has 0 N–H and O–H groups in total. The molecule has 29 heavy (non-hydrogen) atoms. The molecule has 1 nitrogen and oxygen atoms in total. The number of aryl methyl sites for hydroxylation is 1. The van der Waals surface area contributed by atoms with Crippen molar-refractivity contribution < 1.29 is 0 Å². The number of unbranched alkanes of at least 4 members (excludes halogenated alkanes) is 5. The van der Waals surface area contributed by atoms with E-state index in [1.54, 1.807) is 11.3 Å². The van der Waals surface area contributed by atoms with Crippen LogP contribution >= 0.6 is 11.3 Å². The van der Waals surface area contributed by atoms with E-state index in [-0.39, 0.29) is 0 Å². The van der Waals surface area contributed by atoms with Gasteiger partial charge in [0.05, 0.1) is 10.2 Å². The van der Waals surface area contributed by atoms with E-state index in [4.69, 9.17) is 4.98 Å². The summed E-state index contributed by atoms with van der Waals surface area (Å²) in [6.07, 6.45) is 9.26. The van der Waals surface area contributed by atoms with Gasteiger partial charge in [0.1, 0.15) is 5.01 Å². The first-order valence-corrected chi connectivity index (χ1v) is 11.7. The molecule has 0 atom stereocenters. The van der Waals surface area contributed by atoms with Crippen molar-refractivity contribution in [1.82, 2.24) is 4.98 Å². The minimum Gasteiger partial charge on any atom is -0.236 e. The van der Waals surface area contributed by atoms with E-state index in [0.717, 1.165) is 10.5 Å². The summed E-state index contributed by atoms with van der Waals surface area (Å²) in [6, 6.07) is 26.2. The van der Waals surface area contributed by atoms with Crippen LogP contribution in [0.15, 0.2) is 72.8 Å². The lowest BCUT2D eigenvalue weighted by Crippen LogP contribution is -1.88. The Labute approximate surface area is 178 Å². The second kappa shape index (κ2) is 9.84. The molecule has 148 valence electrons. The highest BCUT2D eigenvalue weighted by Crippen LogP contribution is 2.32. The zero-order valence-corrected chi connectivity index (χ0v) is 18.0. The van der Waals surface area contributed by atoms with Crippen LogP contribution in [-0.2, 0) is 6.42 Å². The SMILES string of the molecule is CCCCCCCCc1cccc(-c2cccc(-c3nc4ccccc4s3)c2)c1. The van der Waals surface area contributed by atoms with Gasteiger partial charge in [-0.2, -0.15) is 0 Å². The van der Waals surface area contributed by atoms with E-state index < -0.39 is 0 Å². The Morgan fingerprint density at radius 2 is 1.41 bits per heavy atom. The number of hydrogen-bond acceptors (Lipinski definition) is 2. The molecule has 1 aromatic heterocycles. The molecule has 0 radical (unpaired) electrons. The van der Waals surface area contributed by atoms with Crippen molar-refractivity contribution in [2.45, 2.75) is 51.9 Å². The Kier molecular flexibility index (Phi) is 6.74. The average Bonchev–Trinajstić information content (AvgIpc) is 3.21. The van der Waals surface area contributed by atoms with E-state index in [9.17, 15) is 0 Å². The fraction of sp³-hybridized carbons (Fsp3) is 0.296. The van der Waals surface area contributed by atoms with Gasteiger partial charge < -0.3 is 0 Å². The van der Waals surface area contributed by atoms with Crippen LogP contribution in [0.3, 0.4) is 0 Å². The third kappa shape index (κ3) is 5.13. The summed E-state index contributed by atoms with van der Waals surface area (Å²) in [7, 11) is 0. The second-order valence-electron chi connectivity index (χ2n) is 7.79. The van der Waals surface area contributed by atoms with Gasteiger partial charge in [0, 0.05) is 5.56 Å². The first-order valence-electron chi connectivity index (χ1n) is 10.9. The minimum atomic E-state index is 1.08. The van der Waals surface area contributed by atoms with Crippen LogP contribution in [0.1, 0.15) is 51.0 Å². The second-order valence-corrected chi connectivity index (χ2v) is 8.82. The lowest BCUT2D eigenvalue weighted by atomic mass is 9.98. The summed E-state index contributed by atoms with van der Waals surface area (Å²) in [5, 5.41) is 1.09. The van der Waals surface area contributed by atoms with Gasteiger partial charge in [0.15, 0.2) is 0 Å². The third-order valence-electron chi connectivity index (χ3n) is 5.48. The number of rotatable bonds is 9. The summed E-state index contributed by atoms with van der Waals surface area (Å²) < 4.78 is 1.24. The molecular weight excluding hydrogens is 370 g/mol. The predicted molar refractivity (Wildman–Crippen MR) is 128 cm³/mol. The van der Waals surface area contributed by atoms with E-state index in [1.807, 2.05) is 0 Å². The van der Waals surface area contributed by atoms with Crippen molar-refractivity contribution in [2.75, 3.05) is 0 Å². The van der Waals surface area contributed by atoms with Crippen molar-refractivity contribution in [3.05, 3.63) is 78.4 Å². The molecule has 0 saturated carbocycles. The molecule has 3 aromatic carbocycles. The molecule has 0 unspecified atom stereocenters. The summed E-state index contributed by atoms with van der Waals surface area (Å²) in [5.41, 5.74) is 6.30. The van der Waals surface area contributed by atoms with E-state index >= 15 is 0 Å². The largest absolute Gasteiger partial charge is 0.236 e. The molecule has 2 heteroatoms. The highest BCUT2D eigenvalue weighted by atomic mass is 32.1. The fourth-order valence-electron chi connectivity index (χ4n) is 3.84. The van der Waals surface area contributed by atoms with Crippen molar-refractivity contribution in [3.8, 4) is 21.7 Å².